The number of sulfonamides is 1. The molecule has 1 aliphatic heterocycles. The summed E-state index contributed by atoms with van der Waals surface area (Å²) in [6.45, 7) is 3.15. The first kappa shape index (κ1) is 22.4. The Morgan fingerprint density at radius 3 is 2.69 bits per heavy atom. The topological polar surface area (TPSA) is 88.6 Å². The van der Waals surface area contributed by atoms with Gasteiger partial charge in [-0.3, -0.25) is 4.79 Å². The van der Waals surface area contributed by atoms with Crippen LogP contribution in [0, 0.1) is 5.92 Å². The molecule has 0 aliphatic carbocycles. The number of nitrogens with zero attached hydrogens (tertiary/aromatic N) is 2. The van der Waals surface area contributed by atoms with E-state index in [1.54, 1.807) is 6.08 Å². The number of anilines is 1. The van der Waals surface area contributed by atoms with Crippen LogP contribution in [-0.2, 0) is 14.8 Å². The van der Waals surface area contributed by atoms with E-state index in [1.807, 2.05) is 55.5 Å². The van der Waals surface area contributed by atoms with E-state index in [4.69, 9.17) is 4.74 Å². The Bertz CT molecular complexity index is 1210. The standard InChI is InChI=1S/C23H25N3O4S2/c1-2-30-19-8-9-20-21(16-19)31-23(24-20)25-22(27)18-10-13-26(14-11-18)32(28,29)15-12-17-6-4-3-5-7-17/h3-9,12,15-16,18H,2,10-11,13-14H2,1H3,(H,24,25,27)/b15-12+. The van der Waals surface area contributed by atoms with Crippen molar-refractivity contribution in [3.8, 4) is 5.75 Å². The van der Waals surface area contributed by atoms with Gasteiger partial charge in [-0.05, 0) is 49.6 Å². The van der Waals surface area contributed by atoms with Gasteiger partial charge in [0.1, 0.15) is 5.75 Å². The molecule has 1 fully saturated rings. The third-order valence-electron chi connectivity index (χ3n) is 5.32. The smallest absolute Gasteiger partial charge is 0.236 e. The third kappa shape index (κ3) is 5.35. The number of piperidine rings is 1. The third-order valence-corrected chi connectivity index (χ3v) is 7.82. The van der Waals surface area contributed by atoms with Gasteiger partial charge in [0.05, 0.1) is 16.8 Å². The number of nitrogens with one attached hydrogen (secondary N) is 1. The van der Waals surface area contributed by atoms with Gasteiger partial charge in [0.25, 0.3) is 0 Å². The second kappa shape index (κ2) is 9.81. The van der Waals surface area contributed by atoms with E-state index in [0.29, 0.717) is 37.7 Å². The molecular weight excluding hydrogens is 446 g/mol. The average Bonchev–Trinajstić information content (AvgIpc) is 3.20. The molecule has 168 valence electrons. The lowest BCUT2D eigenvalue weighted by molar-refractivity contribution is -0.120. The van der Waals surface area contributed by atoms with Crippen molar-refractivity contribution in [1.29, 1.82) is 0 Å². The van der Waals surface area contributed by atoms with Crippen LogP contribution >= 0.6 is 11.3 Å². The molecule has 0 radical (unpaired) electrons. The predicted octanol–water partition coefficient (Wildman–Crippen LogP) is 4.35. The molecule has 0 bridgehead atoms. The maximum atomic E-state index is 12.7. The van der Waals surface area contributed by atoms with E-state index in [1.165, 1.54) is 21.1 Å². The van der Waals surface area contributed by atoms with Crippen molar-refractivity contribution in [3.63, 3.8) is 0 Å². The van der Waals surface area contributed by atoms with Gasteiger partial charge >= 0.3 is 0 Å². The molecule has 2 heterocycles. The Morgan fingerprint density at radius 2 is 1.97 bits per heavy atom. The molecule has 0 unspecified atom stereocenters. The molecule has 1 aromatic heterocycles. The number of carbonyl (C=O) groups is 1. The van der Waals surface area contributed by atoms with E-state index in [2.05, 4.69) is 10.3 Å². The lowest BCUT2D eigenvalue weighted by Gasteiger charge is -2.29. The summed E-state index contributed by atoms with van der Waals surface area (Å²) >= 11 is 1.40. The minimum Gasteiger partial charge on any atom is -0.494 e. The number of rotatable bonds is 7. The Kier molecular flexibility index (Phi) is 6.88. The molecule has 1 amide bonds. The van der Waals surface area contributed by atoms with E-state index >= 15 is 0 Å². The normalized spacial score (nSPS) is 15.9. The highest BCUT2D eigenvalue weighted by Crippen LogP contribution is 2.30. The number of hydrogen-bond acceptors (Lipinski definition) is 6. The number of ether oxygens (including phenoxy) is 1. The zero-order valence-corrected chi connectivity index (χ0v) is 19.4. The largest absolute Gasteiger partial charge is 0.494 e. The van der Waals surface area contributed by atoms with Crippen LogP contribution in [0.1, 0.15) is 25.3 Å². The fourth-order valence-corrected chi connectivity index (χ4v) is 5.73. The average molecular weight is 472 g/mol. The maximum absolute atomic E-state index is 12.7. The molecular formula is C23H25N3O4S2. The van der Waals surface area contributed by atoms with Crippen LogP contribution in [0.15, 0.2) is 53.9 Å². The Morgan fingerprint density at radius 1 is 1.22 bits per heavy atom. The van der Waals surface area contributed by atoms with Crippen molar-refractivity contribution in [2.75, 3.05) is 25.0 Å². The first-order valence-electron chi connectivity index (χ1n) is 10.5. The second-order valence-corrected chi connectivity index (χ2v) is 10.4. The molecule has 0 saturated carbocycles. The van der Waals surface area contributed by atoms with E-state index in [-0.39, 0.29) is 11.8 Å². The number of fused-ring (bicyclic) bond motifs is 1. The van der Waals surface area contributed by atoms with Gasteiger partial charge in [0.15, 0.2) is 5.13 Å². The summed E-state index contributed by atoms with van der Waals surface area (Å²) in [4.78, 5) is 17.2. The zero-order chi connectivity index (χ0) is 22.6. The zero-order valence-electron chi connectivity index (χ0n) is 17.7. The van der Waals surface area contributed by atoms with Crippen LogP contribution in [0.5, 0.6) is 5.75 Å². The van der Waals surface area contributed by atoms with Gasteiger partial charge in [0.2, 0.25) is 15.9 Å². The Labute approximate surface area is 191 Å². The lowest BCUT2D eigenvalue weighted by atomic mass is 9.97. The van der Waals surface area contributed by atoms with Crippen LogP contribution < -0.4 is 10.1 Å². The van der Waals surface area contributed by atoms with Gasteiger partial charge in [0, 0.05) is 24.4 Å². The molecule has 4 rings (SSSR count). The van der Waals surface area contributed by atoms with Crippen molar-refractivity contribution in [2.24, 2.45) is 5.92 Å². The minimum absolute atomic E-state index is 0.119. The number of hydrogen-bond donors (Lipinski definition) is 1. The van der Waals surface area contributed by atoms with Crippen LogP contribution in [-0.4, -0.2) is 43.3 Å². The monoisotopic (exact) mass is 471 g/mol. The molecule has 9 heteroatoms. The minimum atomic E-state index is -3.52. The first-order valence-corrected chi connectivity index (χ1v) is 12.8. The molecule has 1 saturated heterocycles. The van der Waals surface area contributed by atoms with E-state index in [9.17, 15) is 13.2 Å². The predicted molar refractivity (Wildman–Crippen MR) is 128 cm³/mol. The maximum Gasteiger partial charge on any atom is 0.236 e. The molecule has 32 heavy (non-hydrogen) atoms. The van der Waals surface area contributed by atoms with Gasteiger partial charge < -0.3 is 10.1 Å². The molecule has 0 atom stereocenters. The summed E-state index contributed by atoms with van der Waals surface area (Å²) in [5, 5.41) is 4.68. The van der Waals surface area contributed by atoms with Crippen LogP contribution in [0.2, 0.25) is 0 Å². The Hall–Kier alpha value is -2.75. The summed E-state index contributed by atoms with van der Waals surface area (Å²) in [5.74, 6) is 0.410. The van der Waals surface area contributed by atoms with Crippen molar-refractivity contribution >= 4 is 48.7 Å². The molecule has 0 spiro atoms. The summed E-state index contributed by atoms with van der Waals surface area (Å²) in [5.41, 5.74) is 1.63. The van der Waals surface area contributed by atoms with Gasteiger partial charge in [-0.15, -0.1) is 0 Å². The lowest BCUT2D eigenvalue weighted by Crippen LogP contribution is -2.40. The van der Waals surface area contributed by atoms with Crippen LogP contribution in [0.25, 0.3) is 16.3 Å². The SMILES string of the molecule is CCOc1ccc2nc(NC(=O)C3CCN(S(=O)(=O)/C=C/c4ccccc4)CC3)sc2c1. The molecule has 3 aromatic rings. The number of carbonyl (C=O) groups excluding carboxylic acids is 1. The van der Waals surface area contributed by atoms with Crippen molar-refractivity contribution in [2.45, 2.75) is 19.8 Å². The molecule has 1 N–H and O–H groups in total. The van der Waals surface area contributed by atoms with Gasteiger partial charge in [-0.1, -0.05) is 41.7 Å². The number of thiazole rings is 1. The molecule has 2 aromatic carbocycles. The summed E-state index contributed by atoms with van der Waals surface area (Å²) < 4.78 is 33.1. The van der Waals surface area contributed by atoms with E-state index in [0.717, 1.165) is 21.5 Å². The molecule has 7 nitrogen and oxygen atoms in total. The van der Waals surface area contributed by atoms with E-state index < -0.39 is 10.0 Å². The summed E-state index contributed by atoms with van der Waals surface area (Å²) in [7, 11) is -3.52. The first-order chi connectivity index (χ1) is 15.4. The second-order valence-electron chi connectivity index (χ2n) is 7.50. The highest BCUT2D eigenvalue weighted by Gasteiger charge is 2.30. The van der Waals surface area contributed by atoms with Crippen molar-refractivity contribution in [3.05, 3.63) is 59.5 Å². The van der Waals surface area contributed by atoms with Crippen molar-refractivity contribution < 1.29 is 17.9 Å². The fourth-order valence-electron chi connectivity index (χ4n) is 3.61. The van der Waals surface area contributed by atoms with Crippen LogP contribution in [0.4, 0.5) is 5.13 Å². The van der Waals surface area contributed by atoms with Crippen molar-refractivity contribution in [1.82, 2.24) is 9.29 Å². The summed E-state index contributed by atoms with van der Waals surface area (Å²) in [6, 6.07) is 15.0. The number of aromatic nitrogens is 1. The Balaban J connectivity index is 1.34. The summed E-state index contributed by atoms with van der Waals surface area (Å²) in [6.07, 6.45) is 2.55. The number of amides is 1. The quantitative estimate of drug-likeness (QED) is 0.554. The number of benzene rings is 2. The highest BCUT2D eigenvalue weighted by atomic mass is 32.2. The highest BCUT2D eigenvalue weighted by molar-refractivity contribution is 7.92. The fraction of sp³-hybridized carbons (Fsp3) is 0.304. The van der Waals surface area contributed by atoms with Crippen LogP contribution in [0.3, 0.4) is 0 Å². The molecule has 1 aliphatic rings. The van der Waals surface area contributed by atoms with Gasteiger partial charge in [-0.2, -0.15) is 4.31 Å². The van der Waals surface area contributed by atoms with Gasteiger partial charge in [-0.25, -0.2) is 13.4 Å².